The van der Waals surface area contributed by atoms with Gasteiger partial charge >= 0.3 is 0 Å². The minimum Gasteiger partial charge on any atom is -0.248 e. The number of terminal acetylenes is 1. The topological polar surface area (TPSA) is 12.4 Å². The Morgan fingerprint density at radius 2 is 2.27 bits per heavy atom. The SMILES string of the molecule is C#C/C=C(\N=C/C=C)SSC(C)C(=C)C. The van der Waals surface area contributed by atoms with Gasteiger partial charge in [0, 0.05) is 17.5 Å². The van der Waals surface area contributed by atoms with Crippen molar-refractivity contribution in [3.63, 3.8) is 0 Å². The van der Waals surface area contributed by atoms with Crippen molar-refractivity contribution in [2.24, 2.45) is 4.99 Å². The molecule has 0 N–H and O–H groups in total. The van der Waals surface area contributed by atoms with Gasteiger partial charge in [0.1, 0.15) is 5.03 Å². The Balaban J connectivity index is 4.27. The maximum Gasteiger partial charge on any atom is 0.115 e. The fourth-order valence-electron chi connectivity index (χ4n) is 0.484. The van der Waals surface area contributed by atoms with E-state index in [4.69, 9.17) is 6.42 Å². The molecule has 1 nitrogen and oxygen atoms in total. The smallest absolute Gasteiger partial charge is 0.115 e. The molecule has 0 aliphatic carbocycles. The molecule has 1 atom stereocenters. The Kier molecular flexibility index (Phi) is 7.98. The molecule has 0 saturated carbocycles. The molecule has 1 unspecified atom stereocenters. The molecule has 0 aromatic rings. The van der Waals surface area contributed by atoms with Crippen LogP contribution < -0.4 is 0 Å². The van der Waals surface area contributed by atoms with Crippen molar-refractivity contribution >= 4 is 27.8 Å². The van der Waals surface area contributed by atoms with E-state index in [1.54, 1.807) is 40.0 Å². The van der Waals surface area contributed by atoms with E-state index in [0.29, 0.717) is 5.25 Å². The first kappa shape index (κ1) is 14.2. The van der Waals surface area contributed by atoms with Crippen LogP contribution in [0.25, 0.3) is 0 Å². The third-order valence-electron chi connectivity index (χ3n) is 1.49. The van der Waals surface area contributed by atoms with Crippen LogP contribution in [0.15, 0.2) is 40.9 Å². The minimum absolute atomic E-state index is 0.384. The van der Waals surface area contributed by atoms with Gasteiger partial charge < -0.3 is 0 Å². The van der Waals surface area contributed by atoms with Crippen LogP contribution in [-0.2, 0) is 0 Å². The van der Waals surface area contributed by atoms with Crippen molar-refractivity contribution < 1.29 is 0 Å². The van der Waals surface area contributed by atoms with Crippen LogP contribution in [-0.4, -0.2) is 11.5 Å². The summed E-state index contributed by atoms with van der Waals surface area (Å²) in [4.78, 5) is 4.15. The van der Waals surface area contributed by atoms with E-state index in [2.05, 4.69) is 31.0 Å². The van der Waals surface area contributed by atoms with Gasteiger partial charge in [-0.15, -0.1) is 6.42 Å². The first-order valence-electron chi connectivity index (χ1n) is 4.42. The van der Waals surface area contributed by atoms with Crippen molar-refractivity contribution in [2.45, 2.75) is 19.1 Å². The molecular weight excluding hydrogens is 222 g/mol. The number of aliphatic imine (C=N–C) groups is 1. The lowest BCUT2D eigenvalue weighted by Crippen LogP contribution is -1.93. The van der Waals surface area contributed by atoms with Crippen LogP contribution >= 0.6 is 21.6 Å². The summed E-state index contributed by atoms with van der Waals surface area (Å²) < 4.78 is 0. The highest BCUT2D eigenvalue weighted by molar-refractivity contribution is 8.78. The molecule has 0 amide bonds. The van der Waals surface area contributed by atoms with Gasteiger partial charge in [-0.1, -0.05) is 41.5 Å². The minimum atomic E-state index is 0.384. The maximum atomic E-state index is 5.20. The zero-order valence-electron chi connectivity index (χ0n) is 9.06. The Labute approximate surface area is 100 Å². The van der Waals surface area contributed by atoms with E-state index in [0.717, 1.165) is 10.6 Å². The lowest BCUT2D eigenvalue weighted by Gasteiger charge is -2.08. The lowest BCUT2D eigenvalue weighted by molar-refractivity contribution is 1.14. The average Bonchev–Trinajstić information content (AvgIpc) is 2.21. The van der Waals surface area contributed by atoms with E-state index in [1.807, 2.05) is 6.92 Å². The molecular formula is C12H15NS2. The zero-order chi connectivity index (χ0) is 11.7. The third kappa shape index (κ3) is 7.12. The average molecular weight is 237 g/mol. The lowest BCUT2D eigenvalue weighted by atomic mass is 10.3. The molecule has 0 bridgehead atoms. The van der Waals surface area contributed by atoms with Crippen LogP contribution in [0.5, 0.6) is 0 Å². The van der Waals surface area contributed by atoms with Crippen LogP contribution in [0.3, 0.4) is 0 Å². The Bertz CT molecular complexity index is 321. The summed E-state index contributed by atoms with van der Waals surface area (Å²) in [6.45, 7) is 11.6. The molecule has 15 heavy (non-hydrogen) atoms. The molecule has 0 aliphatic heterocycles. The predicted octanol–water partition coefficient (Wildman–Crippen LogP) is 4.06. The fourth-order valence-corrected chi connectivity index (χ4v) is 2.61. The van der Waals surface area contributed by atoms with Crippen LogP contribution in [0, 0.1) is 12.3 Å². The summed E-state index contributed by atoms with van der Waals surface area (Å²) in [5, 5.41) is 1.19. The molecule has 0 aliphatic rings. The highest BCUT2D eigenvalue weighted by atomic mass is 33.1. The number of rotatable bonds is 6. The largest absolute Gasteiger partial charge is 0.248 e. The number of nitrogens with zero attached hydrogens (tertiary/aromatic N) is 1. The highest BCUT2D eigenvalue weighted by Crippen LogP contribution is 2.36. The van der Waals surface area contributed by atoms with Crippen molar-refractivity contribution in [1.82, 2.24) is 0 Å². The van der Waals surface area contributed by atoms with E-state index < -0.39 is 0 Å². The van der Waals surface area contributed by atoms with Gasteiger partial charge in [-0.2, -0.15) is 0 Å². The van der Waals surface area contributed by atoms with Gasteiger partial charge in [-0.05, 0) is 24.6 Å². The molecule has 0 radical (unpaired) electrons. The van der Waals surface area contributed by atoms with Gasteiger partial charge in [0.2, 0.25) is 0 Å². The molecule has 0 aromatic carbocycles. The molecule has 0 fully saturated rings. The molecule has 3 heteroatoms. The molecule has 80 valence electrons. The van der Waals surface area contributed by atoms with Crippen molar-refractivity contribution in [3.05, 3.63) is 35.9 Å². The summed E-state index contributed by atoms with van der Waals surface area (Å²) in [7, 11) is 3.24. The zero-order valence-corrected chi connectivity index (χ0v) is 10.7. The first-order chi connectivity index (χ1) is 7.11. The normalized spacial score (nSPS) is 13.5. The van der Waals surface area contributed by atoms with Crippen LogP contribution in [0.1, 0.15) is 13.8 Å². The number of allylic oxidation sites excluding steroid dienone is 2. The second kappa shape index (κ2) is 8.46. The van der Waals surface area contributed by atoms with Gasteiger partial charge in [-0.25, -0.2) is 4.99 Å². The predicted molar refractivity (Wildman–Crippen MR) is 75.1 cm³/mol. The van der Waals surface area contributed by atoms with Crippen LogP contribution in [0.4, 0.5) is 0 Å². The van der Waals surface area contributed by atoms with E-state index in [1.165, 1.54) is 0 Å². The Hall–Kier alpha value is -0.850. The van der Waals surface area contributed by atoms with Gasteiger partial charge in [0.05, 0.1) is 0 Å². The molecule has 0 rings (SSSR count). The van der Waals surface area contributed by atoms with Crippen molar-refractivity contribution in [2.75, 3.05) is 0 Å². The monoisotopic (exact) mass is 237 g/mol. The quantitative estimate of drug-likeness (QED) is 0.299. The molecule has 0 aromatic heterocycles. The fraction of sp³-hybridized carbons (Fsp3) is 0.250. The molecule has 0 saturated heterocycles. The summed E-state index contributed by atoms with van der Waals surface area (Å²) in [6.07, 6.45) is 10.1. The second-order valence-electron chi connectivity index (χ2n) is 2.83. The van der Waals surface area contributed by atoms with Gasteiger partial charge in [0.25, 0.3) is 0 Å². The molecule has 0 heterocycles. The Morgan fingerprint density at radius 1 is 1.60 bits per heavy atom. The Morgan fingerprint density at radius 3 is 2.73 bits per heavy atom. The highest BCUT2D eigenvalue weighted by Gasteiger charge is 2.04. The van der Waals surface area contributed by atoms with Crippen LogP contribution in [0.2, 0.25) is 0 Å². The van der Waals surface area contributed by atoms with Crippen molar-refractivity contribution in [1.29, 1.82) is 0 Å². The summed E-state index contributed by atoms with van der Waals surface area (Å²) in [6, 6.07) is 0. The first-order valence-corrected chi connectivity index (χ1v) is 6.63. The van der Waals surface area contributed by atoms with E-state index >= 15 is 0 Å². The molecule has 0 spiro atoms. The summed E-state index contributed by atoms with van der Waals surface area (Å²) in [5.41, 5.74) is 1.14. The van der Waals surface area contributed by atoms with Gasteiger partial charge in [-0.3, -0.25) is 0 Å². The maximum absolute atomic E-state index is 5.20. The summed E-state index contributed by atoms with van der Waals surface area (Å²) >= 11 is 0. The third-order valence-corrected chi connectivity index (χ3v) is 4.33. The standard InChI is InChI=1S/C12H15NS2/c1-6-8-12(13-9-7-2)15-14-11(5)10(3)4/h1,7-9,11H,2-3H2,4-5H3/b12-8+,13-9-. The van der Waals surface area contributed by atoms with E-state index in [9.17, 15) is 0 Å². The summed E-state index contributed by atoms with van der Waals surface area (Å²) in [5.74, 6) is 2.46. The van der Waals surface area contributed by atoms with E-state index in [-0.39, 0.29) is 0 Å². The number of hydrogen-bond acceptors (Lipinski definition) is 3. The van der Waals surface area contributed by atoms with Crippen molar-refractivity contribution in [3.8, 4) is 12.3 Å². The number of hydrogen-bond donors (Lipinski definition) is 0. The second-order valence-corrected chi connectivity index (χ2v) is 5.39. The van der Waals surface area contributed by atoms with Gasteiger partial charge in [0.15, 0.2) is 0 Å².